The molecule has 0 aromatic heterocycles. The molecule has 2 saturated carbocycles. The third kappa shape index (κ3) is 3.09. The van der Waals surface area contributed by atoms with Crippen molar-refractivity contribution in [2.75, 3.05) is 18.4 Å². The summed E-state index contributed by atoms with van der Waals surface area (Å²) in [4.78, 5) is 11.8. The number of amides is 1. The van der Waals surface area contributed by atoms with Crippen molar-refractivity contribution in [3.05, 3.63) is 30.3 Å². The maximum atomic E-state index is 11.8. The molecule has 2 N–H and O–H groups in total. The molecule has 0 saturated heterocycles. The van der Waals surface area contributed by atoms with Gasteiger partial charge in [0.25, 0.3) is 0 Å². The summed E-state index contributed by atoms with van der Waals surface area (Å²) in [5.74, 6) is 2.67. The number of hydrogen-bond donors (Lipinski definition) is 2. The lowest BCUT2D eigenvalue weighted by Crippen LogP contribution is -2.35. The maximum absolute atomic E-state index is 11.8. The molecule has 3 atom stereocenters. The second kappa shape index (κ2) is 5.64. The van der Waals surface area contributed by atoms with Crippen LogP contribution in [0.25, 0.3) is 0 Å². The van der Waals surface area contributed by atoms with Crippen LogP contribution < -0.4 is 10.6 Å². The molecule has 2 aliphatic carbocycles. The molecule has 2 aliphatic rings. The van der Waals surface area contributed by atoms with Gasteiger partial charge < -0.3 is 10.6 Å². The van der Waals surface area contributed by atoms with Gasteiger partial charge in [0, 0.05) is 12.2 Å². The van der Waals surface area contributed by atoms with Gasteiger partial charge in [0.15, 0.2) is 0 Å². The van der Waals surface area contributed by atoms with Crippen molar-refractivity contribution in [2.24, 2.45) is 17.8 Å². The molecule has 0 heterocycles. The maximum Gasteiger partial charge on any atom is 0.239 e. The van der Waals surface area contributed by atoms with Crippen LogP contribution in [-0.2, 0) is 4.79 Å². The Bertz CT molecular complexity index is 432. The summed E-state index contributed by atoms with van der Waals surface area (Å²) < 4.78 is 0. The zero-order valence-corrected chi connectivity index (χ0v) is 11.3. The van der Waals surface area contributed by atoms with E-state index < -0.39 is 0 Å². The monoisotopic (exact) mass is 258 g/mol. The fourth-order valence-electron chi connectivity index (χ4n) is 3.67. The molecule has 1 amide bonds. The fourth-order valence-corrected chi connectivity index (χ4v) is 3.67. The molecule has 2 fully saturated rings. The summed E-state index contributed by atoms with van der Waals surface area (Å²) >= 11 is 0. The molecule has 1 aromatic carbocycles. The van der Waals surface area contributed by atoms with E-state index in [1.54, 1.807) is 0 Å². The highest BCUT2D eigenvalue weighted by atomic mass is 16.1. The van der Waals surface area contributed by atoms with E-state index in [9.17, 15) is 4.79 Å². The molecule has 2 bridgehead atoms. The minimum Gasteiger partial charge on any atom is -0.376 e. The Balaban J connectivity index is 1.38. The Hall–Kier alpha value is -1.51. The predicted molar refractivity (Wildman–Crippen MR) is 76.9 cm³/mol. The fraction of sp³-hybridized carbons (Fsp3) is 0.562. The Labute approximate surface area is 114 Å². The summed E-state index contributed by atoms with van der Waals surface area (Å²) in [5.41, 5.74) is 0.998. The van der Waals surface area contributed by atoms with Crippen molar-refractivity contribution in [2.45, 2.75) is 25.7 Å². The molecule has 1 aromatic rings. The third-order valence-electron chi connectivity index (χ3n) is 4.67. The number of rotatable bonds is 5. The first-order chi connectivity index (χ1) is 9.31. The normalized spacial score (nSPS) is 28.3. The lowest BCUT2D eigenvalue weighted by Gasteiger charge is -2.21. The van der Waals surface area contributed by atoms with Crippen molar-refractivity contribution in [1.82, 2.24) is 5.32 Å². The topological polar surface area (TPSA) is 41.1 Å². The average Bonchev–Trinajstić information content (AvgIpc) is 3.06. The zero-order chi connectivity index (χ0) is 13.1. The molecule has 3 unspecified atom stereocenters. The number of hydrogen-bond acceptors (Lipinski definition) is 2. The van der Waals surface area contributed by atoms with E-state index >= 15 is 0 Å². The van der Waals surface area contributed by atoms with E-state index in [1.807, 2.05) is 30.3 Å². The van der Waals surface area contributed by atoms with Crippen LogP contribution in [0.5, 0.6) is 0 Å². The highest BCUT2D eigenvalue weighted by molar-refractivity contribution is 5.80. The SMILES string of the molecule is O=C(CNc1ccccc1)NCC1CC2CCC1C2. The number of nitrogens with one attached hydrogen (secondary N) is 2. The summed E-state index contributed by atoms with van der Waals surface area (Å²) in [6, 6.07) is 9.86. The van der Waals surface area contributed by atoms with Crippen LogP contribution in [0.1, 0.15) is 25.7 Å². The molecule has 102 valence electrons. The Morgan fingerprint density at radius 2 is 2.00 bits per heavy atom. The number of fused-ring (bicyclic) bond motifs is 2. The van der Waals surface area contributed by atoms with E-state index in [0.29, 0.717) is 6.54 Å². The van der Waals surface area contributed by atoms with Crippen molar-refractivity contribution >= 4 is 11.6 Å². The molecule has 3 heteroatoms. The Morgan fingerprint density at radius 3 is 2.68 bits per heavy atom. The average molecular weight is 258 g/mol. The highest BCUT2D eigenvalue weighted by Crippen LogP contribution is 2.47. The van der Waals surface area contributed by atoms with Crippen LogP contribution in [0, 0.1) is 17.8 Å². The number of carbonyl (C=O) groups excluding carboxylic acids is 1. The van der Waals surface area contributed by atoms with Crippen LogP contribution >= 0.6 is 0 Å². The molecule has 3 nitrogen and oxygen atoms in total. The van der Waals surface area contributed by atoms with Gasteiger partial charge >= 0.3 is 0 Å². The van der Waals surface area contributed by atoms with Gasteiger partial charge in [-0.2, -0.15) is 0 Å². The highest BCUT2D eigenvalue weighted by Gasteiger charge is 2.39. The molecule has 0 aliphatic heterocycles. The number of carbonyl (C=O) groups is 1. The summed E-state index contributed by atoms with van der Waals surface area (Å²) in [6.45, 7) is 1.24. The van der Waals surface area contributed by atoms with Gasteiger partial charge in [0.2, 0.25) is 5.91 Å². The van der Waals surface area contributed by atoms with Gasteiger partial charge in [0.05, 0.1) is 6.54 Å². The van der Waals surface area contributed by atoms with E-state index in [2.05, 4.69) is 10.6 Å². The molecular weight excluding hydrogens is 236 g/mol. The van der Waals surface area contributed by atoms with Gasteiger partial charge in [-0.3, -0.25) is 4.79 Å². The van der Waals surface area contributed by atoms with E-state index in [-0.39, 0.29) is 5.91 Å². The summed E-state index contributed by atoms with van der Waals surface area (Å²) in [6.07, 6.45) is 5.54. The van der Waals surface area contributed by atoms with Crippen molar-refractivity contribution in [1.29, 1.82) is 0 Å². The van der Waals surface area contributed by atoms with E-state index in [4.69, 9.17) is 0 Å². The Morgan fingerprint density at radius 1 is 1.16 bits per heavy atom. The van der Waals surface area contributed by atoms with Crippen molar-refractivity contribution < 1.29 is 4.79 Å². The van der Waals surface area contributed by atoms with Crippen LogP contribution in [0.15, 0.2) is 30.3 Å². The van der Waals surface area contributed by atoms with Gasteiger partial charge in [-0.15, -0.1) is 0 Å². The second-order valence-electron chi connectivity index (χ2n) is 5.96. The number of para-hydroxylation sites is 1. The minimum absolute atomic E-state index is 0.103. The Kier molecular flexibility index (Phi) is 3.72. The lowest BCUT2D eigenvalue weighted by atomic mass is 9.89. The lowest BCUT2D eigenvalue weighted by molar-refractivity contribution is -0.119. The largest absolute Gasteiger partial charge is 0.376 e. The smallest absolute Gasteiger partial charge is 0.239 e. The molecular formula is C16H22N2O. The molecule has 0 spiro atoms. The van der Waals surface area contributed by atoms with Crippen LogP contribution in [0.2, 0.25) is 0 Å². The molecule has 19 heavy (non-hydrogen) atoms. The predicted octanol–water partition coefficient (Wildman–Crippen LogP) is 2.65. The van der Waals surface area contributed by atoms with Crippen LogP contribution in [-0.4, -0.2) is 19.0 Å². The van der Waals surface area contributed by atoms with Gasteiger partial charge in [-0.25, -0.2) is 0 Å². The second-order valence-corrected chi connectivity index (χ2v) is 5.96. The van der Waals surface area contributed by atoms with Gasteiger partial charge in [-0.1, -0.05) is 24.6 Å². The summed E-state index contributed by atoms with van der Waals surface area (Å²) in [7, 11) is 0. The number of anilines is 1. The van der Waals surface area contributed by atoms with E-state index in [0.717, 1.165) is 30.0 Å². The third-order valence-corrected chi connectivity index (χ3v) is 4.67. The van der Waals surface area contributed by atoms with Crippen LogP contribution in [0.4, 0.5) is 5.69 Å². The quantitative estimate of drug-likeness (QED) is 0.852. The first-order valence-corrected chi connectivity index (χ1v) is 7.37. The van der Waals surface area contributed by atoms with Gasteiger partial charge in [-0.05, 0) is 49.1 Å². The standard InChI is InChI=1S/C16H22N2O/c19-16(11-17-15-4-2-1-3-5-15)18-10-14-9-12-6-7-13(14)8-12/h1-5,12-14,17H,6-11H2,(H,18,19). The molecule has 0 radical (unpaired) electrons. The van der Waals surface area contributed by atoms with Gasteiger partial charge in [0.1, 0.15) is 0 Å². The first kappa shape index (κ1) is 12.5. The first-order valence-electron chi connectivity index (χ1n) is 7.37. The number of benzene rings is 1. The minimum atomic E-state index is 0.103. The van der Waals surface area contributed by atoms with Crippen molar-refractivity contribution in [3.8, 4) is 0 Å². The van der Waals surface area contributed by atoms with Crippen LogP contribution in [0.3, 0.4) is 0 Å². The van der Waals surface area contributed by atoms with Crippen molar-refractivity contribution in [3.63, 3.8) is 0 Å². The summed E-state index contributed by atoms with van der Waals surface area (Å²) in [5, 5.41) is 6.22. The molecule has 3 rings (SSSR count). The zero-order valence-electron chi connectivity index (χ0n) is 11.3. The van der Waals surface area contributed by atoms with E-state index in [1.165, 1.54) is 25.7 Å².